The summed E-state index contributed by atoms with van der Waals surface area (Å²) in [5.41, 5.74) is 3.82. The summed E-state index contributed by atoms with van der Waals surface area (Å²) in [4.78, 5) is 7.29. The van der Waals surface area contributed by atoms with E-state index in [4.69, 9.17) is 9.72 Å². The number of rotatable bonds is 5. The van der Waals surface area contributed by atoms with E-state index in [1.165, 1.54) is 17.0 Å². The smallest absolute Gasteiger partial charge is 0.0583 e. The Labute approximate surface area is 123 Å². The summed E-state index contributed by atoms with van der Waals surface area (Å²) in [5.74, 6) is 1.01. The Morgan fingerprint density at radius 1 is 1.30 bits per heavy atom. The molecule has 0 bridgehead atoms. The van der Waals surface area contributed by atoms with E-state index in [1.54, 1.807) is 0 Å². The molecule has 0 aromatic carbocycles. The summed E-state index contributed by atoms with van der Waals surface area (Å²) >= 11 is 0. The second-order valence-corrected chi connectivity index (χ2v) is 6.50. The molecule has 0 saturated carbocycles. The van der Waals surface area contributed by atoms with Crippen molar-refractivity contribution in [3.63, 3.8) is 0 Å². The van der Waals surface area contributed by atoms with Gasteiger partial charge in [-0.2, -0.15) is 0 Å². The molecule has 1 aromatic heterocycles. The average Bonchev–Trinajstić information content (AvgIpc) is 2.92. The van der Waals surface area contributed by atoms with E-state index in [0.717, 1.165) is 26.2 Å². The Hall–Kier alpha value is -0.930. The SMILES string of the molecule is CC(C)c1ccc(C2CCOC2)c(CN(C)C(C)C)n1. The summed E-state index contributed by atoms with van der Waals surface area (Å²) in [6, 6.07) is 5.01. The molecule has 0 aliphatic carbocycles. The maximum atomic E-state index is 5.56. The van der Waals surface area contributed by atoms with Crippen LogP contribution >= 0.6 is 0 Å². The maximum Gasteiger partial charge on any atom is 0.0583 e. The Kier molecular flexibility index (Phi) is 5.17. The highest BCUT2D eigenvalue weighted by atomic mass is 16.5. The van der Waals surface area contributed by atoms with Crippen LogP contribution in [0.2, 0.25) is 0 Å². The van der Waals surface area contributed by atoms with Gasteiger partial charge in [0.15, 0.2) is 0 Å². The number of aromatic nitrogens is 1. The van der Waals surface area contributed by atoms with Crippen LogP contribution in [0.25, 0.3) is 0 Å². The fourth-order valence-electron chi connectivity index (χ4n) is 2.55. The van der Waals surface area contributed by atoms with Crippen LogP contribution in [0.15, 0.2) is 12.1 Å². The van der Waals surface area contributed by atoms with Gasteiger partial charge in [0, 0.05) is 30.8 Å². The number of hydrogen-bond donors (Lipinski definition) is 0. The van der Waals surface area contributed by atoms with Crippen molar-refractivity contribution >= 4 is 0 Å². The van der Waals surface area contributed by atoms with Crippen molar-refractivity contribution in [3.05, 3.63) is 29.1 Å². The highest BCUT2D eigenvalue weighted by Gasteiger charge is 2.22. The van der Waals surface area contributed by atoms with E-state index in [9.17, 15) is 0 Å². The number of pyridine rings is 1. The molecular formula is C17H28N2O. The molecule has 2 heterocycles. The van der Waals surface area contributed by atoms with E-state index in [1.807, 2.05) is 0 Å². The van der Waals surface area contributed by atoms with Crippen molar-refractivity contribution in [1.82, 2.24) is 9.88 Å². The first-order valence-electron chi connectivity index (χ1n) is 7.76. The third kappa shape index (κ3) is 3.58. The third-order valence-corrected chi connectivity index (χ3v) is 4.27. The van der Waals surface area contributed by atoms with Crippen LogP contribution in [-0.2, 0) is 11.3 Å². The zero-order valence-electron chi connectivity index (χ0n) is 13.5. The van der Waals surface area contributed by atoms with E-state index in [2.05, 4.69) is 51.8 Å². The molecule has 0 radical (unpaired) electrons. The van der Waals surface area contributed by atoms with Crippen molar-refractivity contribution in [2.75, 3.05) is 20.3 Å². The Bertz CT molecular complexity index is 437. The molecule has 0 spiro atoms. The number of nitrogens with zero attached hydrogens (tertiary/aromatic N) is 2. The van der Waals surface area contributed by atoms with Crippen LogP contribution < -0.4 is 0 Å². The third-order valence-electron chi connectivity index (χ3n) is 4.27. The fraction of sp³-hybridized carbons (Fsp3) is 0.706. The normalized spacial score (nSPS) is 19.5. The minimum absolute atomic E-state index is 0.479. The minimum atomic E-state index is 0.479. The summed E-state index contributed by atoms with van der Waals surface area (Å²) in [7, 11) is 2.17. The quantitative estimate of drug-likeness (QED) is 0.822. The highest BCUT2D eigenvalue weighted by Crippen LogP contribution is 2.29. The lowest BCUT2D eigenvalue weighted by Gasteiger charge is -2.24. The van der Waals surface area contributed by atoms with Crippen LogP contribution in [0.3, 0.4) is 0 Å². The molecule has 1 fully saturated rings. The van der Waals surface area contributed by atoms with Crippen molar-refractivity contribution in [3.8, 4) is 0 Å². The molecule has 1 aliphatic heterocycles. The summed E-state index contributed by atoms with van der Waals surface area (Å²) in [6.45, 7) is 11.5. The molecule has 3 nitrogen and oxygen atoms in total. The van der Waals surface area contributed by atoms with Gasteiger partial charge in [-0.25, -0.2) is 0 Å². The second-order valence-electron chi connectivity index (χ2n) is 6.50. The van der Waals surface area contributed by atoms with E-state index in [0.29, 0.717) is 17.9 Å². The molecule has 1 atom stereocenters. The molecule has 1 saturated heterocycles. The zero-order valence-corrected chi connectivity index (χ0v) is 13.5. The van der Waals surface area contributed by atoms with Gasteiger partial charge in [-0.1, -0.05) is 19.9 Å². The van der Waals surface area contributed by atoms with Gasteiger partial charge in [-0.05, 0) is 44.9 Å². The first kappa shape index (κ1) is 15.5. The molecule has 1 unspecified atom stereocenters. The predicted molar refractivity (Wildman–Crippen MR) is 83.1 cm³/mol. The van der Waals surface area contributed by atoms with Crippen molar-refractivity contribution < 1.29 is 4.74 Å². The van der Waals surface area contributed by atoms with Crippen molar-refractivity contribution in [2.24, 2.45) is 0 Å². The minimum Gasteiger partial charge on any atom is -0.381 e. The van der Waals surface area contributed by atoms with Gasteiger partial charge in [0.25, 0.3) is 0 Å². The van der Waals surface area contributed by atoms with Gasteiger partial charge < -0.3 is 4.74 Å². The van der Waals surface area contributed by atoms with Gasteiger partial charge in [-0.15, -0.1) is 0 Å². The van der Waals surface area contributed by atoms with E-state index < -0.39 is 0 Å². The highest BCUT2D eigenvalue weighted by molar-refractivity contribution is 5.28. The molecule has 3 heteroatoms. The first-order chi connectivity index (χ1) is 9.49. The Morgan fingerprint density at radius 2 is 2.05 bits per heavy atom. The predicted octanol–water partition coefficient (Wildman–Crippen LogP) is 3.55. The number of hydrogen-bond acceptors (Lipinski definition) is 3. The van der Waals surface area contributed by atoms with E-state index >= 15 is 0 Å². The molecule has 2 rings (SSSR count). The van der Waals surface area contributed by atoms with Crippen LogP contribution in [0, 0.1) is 0 Å². The van der Waals surface area contributed by atoms with Gasteiger partial charge >= 0.3 is 0 Å². The molecule has 0 N–H and O–H groups in total. The fourth-order valence-corrected chi connectivity index (χ4v) is 2.55. The maximum absolute atomic E-state index is 5.56. The molecular weight excluding hydrogens is 248 g/mol. The largest absolute Gasteiger partial charge is 0.381 e. The summed E-state index contributed by atoms with van der Waals surface area (Å²) in [5, 5.41) is 0. The molecule has 1 aliphatic rings. The monoisotopic (exact) mass is 276 g/mol. The standard InChI is InChI=1S/C17H28N2O/c1-12(2)16-7-6-15(14-8-9-20-11-14)17(18-16)10-19(5)13(3)4/h6-7,12-14H,8-11H2,1-5H3. The molecule has 1 aromatic rings. The lowest BCUT2D eigenvalue weighted by Crippen LogP contribution is -2.27. The van der Waals surface area contributed by atoms with Crippen molar-refractivity contribution in [1.29, 1.82) is 0 Å². The molecule has 20 heavy (non-hydrogen) atoms. The van der Waals surface area contributed by atoms with Gasteiger partial charge in [0.2, 0.25) is 0 Å². The van der Waals surface area contributed by atoms with Crippen molar-refractivity contribution in [2.45, 2.75) is 58.5 Å². The molecule has 0 amide bonds. The summed E-state index contributed by atoms with van der Waals surface area (Å²) in [6.07, 6.45) is 1.13. The Balaban J connectivity index is 2.29. The van der Waals surface area contributed by atoms with Gasteiger partial charge in [0.05, 0.1) is 12.3 Å². The lowest BCUT2D eigenvalue weighted by molar-refractivity contribution is 0.193. The lowest BCUT2D eigenvalue weighted by atomic mass is 9.95. The zero-order chi connectivity index (χ0) is 14.7. The topological polar surface area (TPSA) is 25.4 Å². The van der Waals surface area contributed by atoms with E-state index in [-0.39, 0.29) is 0 Å². The number of ether oxygens (including phenoxy) is 1. The van der Waals surface area contributed by atoms with Gasteiger partial charge in [0.1, 0.15) is 0 Å². The van der Waals surface area contributed by atoms with Gasteiger partial charge in [-0.3, -0.25) is 9.88 Å². The van der Waals surface area contributed by atoms with Crippen LogP contribution in [0.4, 0.5) is 0 Å². The average molecular weight is 276 g/mol. The second kappa shape index (κ2) is 6.68. The van der Waals surface area contributed by atoms with Crippen LogP contribution in [0.1, 0.15) is 62.9 Å². The summed E-state index contributed by atoms with van der Waals surface area (Å²) < 4.78 is 5.56. The Morgan fingerprint density at radius 3 is 2.60 bits per heavy atom. The molecule has 112 valence electrons. The van der Waals surface area contributed by atoms with Crippen LogP contribution in [0.5, 0.6) is 0 Å². The first-order valence-corrected chi connectivity index (χ1v) is 7.76. The van der Waals surface area contributed by atoms with Crippen LogP contribution in [-0.4, -0.2) is 36.2 Å².